The molecule has 1 saturated carbocycles. The second-order valence-electron chi connectivity index (χ2n) is 7.40. The zero-order valence-corrected chi connectivity index (χ0v) is 17.4. The van der Waals surface area contributed by atoms with Gasteiger partial charge in [0.25, 0.3) is 0 Å². The summed E-state index contributed by atoms with van der Waals surface area (Å²) >= 11 is 7.44. The van der Waals surface area contributed by atoms with E-state index >= 15 is 0 Å². The van der Waals surface area contributed by atoms with Gasteiger partial charge in [-0.3, -0.25) is 9.59 Å². The van der Waals surface area contributed by atoms with Crippen LogP contribution in [-0.4, -0.2) is 65.2 Å². The van der Waals surface area contributed by atoms with Crippen LogP contribution in [0.2, 0.25) is 5.15 Å². The average molecular weight is 412 g/mol. The van der Waals surface area contributed by atoms with Crippen LogP contribution in [0, 0.1) is 11.8 Å². The highest BCUT2D eigenvalue weighted by atomic mass is 35.5. The molecule has 0 radical (unpaired) electrons. The number of anilines is 1. The Morgan fingerprint density at radius 1 is 1.26 bits per heavy atom. The molecule has 1 aliphatic carbocycles. The smallest absolute Gasteiger partial charge is 0.230 e. The fraction of sp³-hybridized carbons (Fsp3) is 0.667. The predicted octanol–water partition coefficient (Wildman–Crippen LogP) is 2.05. The minimum absolute atomic E-state index is 0.0361. The molecule has 0 atom stereocenters. The Bertz CT molecular complexity index is 690. The second-order valence-corrected chi connectivity index (χ2v) is 8.73. The van der Waals surface area contributed by atoms with Crippen molar-refractivity contribution in [3.63, 3.8) is 0 Å². The van der Waals surface area contributed by atoms with Crippen molar-refractivity contribution in [1.82, 2.24) is 20.2 Å². The highest BCUT2D eigenvalue weighted by Crippen LogP contribution is 2.31. The number of hydrogen-bond acceptors (Lipinski definition) is 6. The first kappa shape index (κ1) is 20.2. The molecule has 1 aromatic rings. The molecule has 148 valence electrons. The molecular formula is C18H26ClN5O2S. The first-order chi connectivity index (χ1) is 12.9. The van der Waals surface area contributed by atoms with Crippen LogP contribution in [-0.2, 0) is 9.59 Å². The maximum absolute atomic E-state index is 12.2. The summed E-state index contributed by atoms with van der Waals surface area (Å²) in [5.41, 5.74) is 0. The summed E-state index contributed by atoms with van der Waals surface area (Å²) < 4.78 is 0. The first-order valence-electron chi connectivity index (χ1n) is 9.40. The number of nitrogens with zero attached hydrogens (tertiary/aromatic N) is 4. The first-order valence-corrected chi connectivity index (χ1v) is 10.8. The molecule has 7 nitrogen and oxygen atoms in total. The van der Waals surface area contributed by atoms with E-state index in [1.54, 1.807) is 6.07 Å². The lowest BCUT2D eigenvalue weighted by Crippen LogP contribution is -2.49. The molecule has 3 rings (SSSR count). The topological polar surface area (TPSA) is 78.4 Å². The molecule has 0 spiro atoms. The molecule has 0 aromatic carbocycles. The Morgan fingerprint density at radius 2 is 1.96 bits per heavy atom. The molecule has 27 heavy (non-hydrogen) atoms. The third kappa shape index (κ3) is 5.97. The van der Waals surface area contributed by atoms with E-state index in [4.69, 9.17) is 11.6 Å². The van der Waals surface area contributed by atoms with Gasteiger partial charge in [0.2, 0.25) is 11.8 Å². The summed E-state index contributed by atoms with van der Waals surface area (Å²) in [4.78, 5) is 36.9. The molecule has 0 bridgehead atoms. The summed E-state index contributed by atoms with van der Waals surface area (Å²) in [7, 11) is 0. The Hall–Kier alpha value is -1.54. The van der Waals surface area contributed by atoms with Crippen LogP contribution in [0.4, 0.5) is 5.82 Å². The number of carbonyl (C=O) groups is 2. The number of hydrogen-bond donors (Lipinski definition) is 1. The molecule has 2 amide bonds. The van der Waals surface area contributed by atoms with Gasteiger partial charge >= 0.3 is 0 Å². The maximum Gasteiger partial charge on any atom is 0.230 e. The molecule has 9 heteroatoms. The number of thioether (sulfide) groups is 1. The molecule has 1 aliphatic heterocycles. The van der Waals surface area contributed by atoms with Crippen LogP contribution in [0.3, 0.4) is 0 Å². The number of halogens is 1. The van der Waals surface area contributed by atoms with E-state index in [1.807, 2.05) is 4.90 Å². The lowest BCUT2D eigenvalue weighted by atomic mass is 10.2. The number of amides is 2. The monoisotopic (exact) mass is 411 g/mol. The Labute approximate surface area is 169 Å². The van der Waals surface area contributed by atoms with Crippen LogP contribution < -0.4 is 10.2 Å². The highest BCUT2D eigenvalue weighted by Gasteiger charge is 2.34. The van der Waals surface area contributed by atoms with Gasteiger partial charge < -0.3 is 15.1 Å². The lowest BCUT2D eigenvalue weighted by molar-refractivity contribution is -0.132. The van der Waals surface area contributed by atoms with Crippen LogP contribution in [0.1, 0.15) is 26.7 Å². The van der Waals surface area contributed by atoms with E-state index in [0.29, 0.717) is 41.8 Å². The maximum atomic E-state index is 12.2. The summed E-state index contributed by atoms with van der Waals surface area (Å²) in [6, 6.07) is 1.74. The number of piperazine rings is 1. The summed E-state index contributed by atoms with van der Waals surface area (Å²) in [6.45, 7) is 7.63. The highest BCUT2D eigenvalue weighted by molar-refractivity contribution is 7.99. The molecular weight excluding hydrogens is 386 g/mol. The van der Waals surface area contributed by atoms with Crippen LogP contribution in [0.5, 0.6) is 0 Å². The van der Waals surface area contributed by atoms with Gasteiger partial charge in [-0.2, -0.15) is 0 Å². The van der Waals surface area contributed by atoms with Crippen molar-refractivity contribution in [2.45, 2.75) is 31.8 Å². The largest absolute Gasteiger partial charge is 0.355 e. The van der Waals surface area contributed by atoms with Gasteiger partial charge in [0.15, 0.2) is 5.16 Å². The van der Waals surface area contributed by atoms with Crippen molar-refractivity contribution in [3.05, 3.63) is 11.2 Å². The normalized spacial score (nSPS) is 17.3. The van der Waals surface area contributed by atoms with Gasteiger partial charge in [0.1, 0.15) is 11.0 Å². The van der Waals surface area contributed by atoms with Crippen molar-refractivity contribution in [2.24, 2.45) is 11.8 Å². The van der Waals surface area contributed by atoms with Gasteiger partial charge in [0, 0.05) is 44.7 Å². The van der Waals surface area contributed by atoms with Gasteiger partial charge in [0.05, 0.1) is 5.75 Å². The Kier molecular flexibility index (Phi) is 6.81. The standard InChI is InChI=1S/C18H26ClN5O2S/c1-12(2)10-20-16(25)11-27-18-21-14(19)9-15(22-18)23-5-7-24(8-6-23)17(26)13-3-4-13/h9,12-13H,3-8,10-11H2,1-2H3,(H,20,25). The van der Waals surface area contributed by atoms with Gasteiger partial charge in [-0.05, 0) is 18.8 Å². The van der Waals surface area contributed by atoms with E-state index in [2.05, 4.69) is 34.0 Å². The molecule has 1 saturated heterocycles. The van der Waals surface area contributed by atoms with Crippen LogP contribution >= 0.6 is 23.4 Å². The van der Waals surface area contributed by atoms with Crippen molar-refractivity contribution < 1.29 is 9.59 Å². The third-order valence-corrected chi connectivity index (χ3v) is 5.58. The SMILES string of the molecule is CC(C)CNC(=O)CSc1nc(Cl)cc(N2CCN(C(=O)C3CC3)CC2)n1. The summed E-state index contributed by atoms with van der Waals surface area (Å²) in [6.07, 6.45) is 2.07. The third-order valence-electron chi connectivity index (χ3n) is 4.54. The van der Waals surface area contributed by atoms with E-state index in [9.17, 15) is 9.59 Å². The van der Waals surface area contributed by atoms with Crippen LogP contribution in [0.15, 0.2) is 11.2 Å². The fourth-order valence-corrected chi connectivity index (χ4v) is 3.77. The molecule has 0 unspecified atom stereocenters. The Morgan fingerprint density at radius 3 is 2.59 bits per heavy atom. The van der Waals surface area contributed by atoms with E-state index < -0.39 is 0 Å². The number of carbonyl (C=O) groups excluding carboxylic acids is 2. The van der Waals surface area contributed by atoms with Gasteiger partial charge in [-0.25, -0.2) is 9.97 Å². The lowest BCUT2D eigenvalue weighted by Gasteiger charge is -2.35. The second kappa shape index (κ2) is 9.10. The van der Waals surface area contributed by atoms with Gasteiger partial charge in [-0.15, -0.1) is 0 Å². The van der Waals surface area contributed by atoms with Crippen molar-refractivity contribution in [3.8, 4) is 0 Å². The summed E-state index contributed by atoms with van der Waals surface area (Å²) in [5, 5.41) is 3.74. The summed E-state index contributed by atoms with van der Waals surface area (Å²) in [5.74, 6) is 1.94. The minimum atomic E-state index is -0.0361. The van der Waals surface area contributed by atoms with E-state index in [-0.39, 0.29) is 17.6 Å². The fourth-order valence-electron chi connectivity index (χ4n) is 2.86. The van der Waals surface area contributed by atoms with Crippen LogP contribution in [0.25, 0.3) is 0 Å². The zero-order valence-electron chi connectivity index (χ0n) is 15.8. The number of nitrogens with one attached hydrogen (secondary N) is 1. The molecule has 2 fully saturated rings. The quantitative estimate of drug-likeness (QED) is 0.420. The average Bonchev–Trinajstić information content (AvgIpc) is 3.49. The molecule has 2 aliphatic rings. The van der Waals surface area contributed by atoms with E-state index in [0.717, 1.165) is 31.7 Å². The van der Waals surface area contributed by atoms with Crippen molar-refractivity contribution in [2.75, 3.05) is 43.4 Å². The van der Waals surface area contributed by atoms with Crippen molar-refractivity contribution >= 4 is 41.0 Å². The molecule has 1 aromatic heterocycles. The number of aromatic nitrogens is 2. The van der Waals surface area contributed by atoms with E-state index in [1.165, 1.54) is 11.8 Å². The van der Waals surface area contributed by atoms with Gasteiger partial charge in [-0.1, -0.05) is 37.2 Å². The Balaban J connectivity index is 1.54. The van der Waals surface area contributed by atoms with Crippen molar-refractivity contribution in [1.29, 1.82) is 0 Å². The minimum Gasteiger partial charge on any atom is -0.355 e. The zero-order chi connectivity index (χ0) is 19.4. The number of rotatable bonds is 7. The molecule has 2 heterocycles. The molecule has 1 N–H and O–H groups in total. The predicted molar refractivity (Wildman–Crippen MR) is 107 cm³/mol.